The van der Waals surface area contributed by atoms with Crippen LogP contribution in [0.4, 0.5) is 4.39 Å². The van der Waals surface area contributed by atoms with Gasteiger partial charge in [0.05, 0.1) is 18.1 Å². The fourth-order valence-corrected chi connectivity index (χ4v) is 3.02. The summed E-state index contributed by atoms with van der Waals surface area (Å²) >= 11 is 0. The van der Waals surface area contributed by atoms with Crippen molar-refractivity contribution >= 4 is 18.3 Å². The Morgan fingerprint density at radius 2 is 2.32 bits per heavy atom. The van der Waals surface area contributed by atoms with Crippen LogP contribution in [0.2, 0.25) is 0 Å². The largest absolute Gasteiger partial charge is 0.378 e. The second-order valence-corrected chi connectivity index (χ2v) is 5.64. The minimum Gasteiger partial charge on any atom is -0.378 e. The zero-order valence-corrected chi connectivity index (χ0v) is 13.4. The quantitative estimate of drug-likeness (QED) is 0.921. The van der Waals surface area contributed by atoms with Gasteiger partial charge in [0.1, 0.15) is 5.82 Å². The number of ether oxygens (including phenoxy) is 1. The van der Waals surface area contributed by atoms with Crippen LogP contribution in [0.15, 0.2) is 24.3 Å². The van der Waals surface area contributed by atoms with Gasteiger partial charge in [-0.25, -0.2) is 4.39 Å². The van der Waals surface area contributed by atoms with E-state index in [1.165, 1.54) is 12.1 Å². The van der Waals surface area contributed by atoms with E-state index < -0.39 is 0 Å². The number of carbonyl (C=O) groups excluding carboxylic acids is 1. The van der Waals surface area contributed by atoms with Gasteiger partial charge < -0.3 is 15.0 Å². The number of rotatable bonds is 4. The highest BCUT2D eigenvalue weighted by molar-refractivity contribution is 5.85. The topological polar surface area (TPSA) is 41.6 Å². The zero-order chi connectivity index (χ0) is 14.8. The first-order valence-electron chi connectivity index (χ1n) is 7.59. The molecular formula is C16H22ClFN2O2. The first kappa shape index (κ1) is 17.2. The van der Waals surface area contributed by atoms with Gasteiger partial charge in [0.2, 0.25) is 5.91 Å². The van der Waals surface area contributed by atoms with E-state index in [0.29, 0.717) is 19.7 Å². The number of piperazine rings is 1. The lowest BCUT2D eigenvalue weighted by atomic mass is 10.0. The van der Waals surface area contributed by atoms with Crippen molar-refractivity contribution in [2.24, 2.45) is 5.92 Å². The molecule has 3 rings (SSSR count). The van der Waals surface area contributed by atoms with Gasteiger partial charge in [-0.2, -0.15) is 0 Å². The maximum atomic E-state index is 13.4. The molecule has 0 spiro atoms. The summed E-state index contributed by atoms with van der Waals surface area (Å²) in [5.74, 6) is -0.132. The van der Waals surface area contributed by atoms with Crippen molar-refractivity contribution in [2.45, 2.75) is 25.5 Å². The summed E-state index contributed by atoms with van der Waals surface area (Å²) in [4.78, 5) is 14.5. The van der Waals surface area contributed by atoms with E-state index >= 15 is 0 Å². The molecule has 1 aliphatic carbocycles. The Morgan fingerprint density at radius 1 is 1.50 bits per heavy atom. The lowest BCUT2D eigenvalue weighted by molar-refractivity contribution is -0.137. The van der Waals surface area contributed by atoms with E-state index in [0.717, 1.165) is 18.5 Å². The highest BCUT2D eigenvalue weighted by Crippen LogP contribution is 2.37. The highest BCUT2D eigenvalue weighted by Gasteiger charge is 2.47. The van der Waals surface area contributed by atoms with Crippen molar-refractivity contribution < 1.29 is 13.9 Å². The van der Waals surface area contributed by atoms with Crippen molar-refractivity contribution in [1.29, 1.82) is 0 Å². The SMILES string of the molecule is CCOC1CC1C(=O)N1CCNCC1c1cccc(F)c1.Cl. The van der Waals surface area contributed by atoms with E-state index in [1.54, 1.807) is 6.07 Å². The normalized spacial score (nSPS) is 27.2. The average molecular weight is 329 g/mol. The molecule has 1 saturated carbocycles. The molecule has 6 heteroatoms. The van der Waals surface area contributed by atoms with Crippen molar-refractivity contribution in [3.05, 3.63) is 35.6 Å². The Balaban J connectivity index is 0.00000176. The van der Waals surface area contributed by atoms with Crippen LogP contribution >= 0.6 is 12.4 Å². The molecule has 1 aliphatic heterocycles. The summed E-state index contributed by atoms with van der Waals surface area (Å²) in [6.45, 7) is 4.70. The molecule has 3 atom stereocenters. The molecular weight excluding hydrogens is 307 g/mol. The van der Waals surface area contributed by atoms with E-state index in [-0.39, 0.29) is 42.2 Å². The van der Waals surface area contributed by atoms with Gasteiger partial charge in [0.25, 0.3) is 0 Å². The number of nitrogens with zero attached hydrogens (tertiary/aromatic N) is 1. The molecule has 4 nitrogen and oxygen atoms in total. The Morgan fingerprint density at radius 3 is 3.05 bits per heavy atom. The van der Waals surface area contributed by atoms with Crippen LogP contribution in [-0.4, -0.2) is 43.2 Å². The van der Waals surface area contributed by atoms with Crippen LogP contribution in [0.5, 0.6) is 0 Å². The number of hydrogen-bond acceptors (Lipinski definition) is 3. The predicted octanol–water partition coefficient (Wildman–Crippen LogP) is 2.15. The van der Waals surface area contributed by atoms with E-state index in [1.807, 2.05) is 17.9 Å². The van der Waals surface area contributed by atoms with Crippen molar-refractivity contribution in [1.82, 2.24) is 10.2 Å². The van der Waals surface area contributed by atoms with Gasteiger partial charge in [-0.1, -0.05) is 12.1 Å². The molecule has 0 bridgehead atoms. The molecule has 122 valence electrons. The molecule has 1 aromatic rings. The molecule has 0 aromatic heterocycles. The van der Waals surface area contributed by atoms with Crippen LogP contribution < -0.4 is 5.32 Å². The summed E-state index contributed by atoms with van der Waals surface area (Å²) in [5.41, 5.74) is 0.851. The molecule has 1 amide bonds. The van der Waals surface area contributed by atoms with E-state index in [4.69, 9.17) is 4.74 Å². The Hall–Kier alpha value is -1.17. The molecule has 0 radical (unpaired) electrons. The molecule has 1 N–H and O–H groups in total. The molecule has 2 aliphatic rings. The molecule has 22 heavy (non-hydrogen) atoms. The van der Waals surface area contributed by atoms with Gasteiger partial charge in [0.15, 0.2) is 0 Å². The van der Waals surface area contributed by atoms with Gasteiger partial charge >= 0.3 is 0 Å². The minimum atomic E-state index is -0.260. The lowest BCUT2D eigenvalue weighted by Gasteiger charge is -2.36. The molecule has 1 heterocycles. The fourth-order valence-electron chi connectivity index (χ4n) is 3.02. The second kappa shape index (κ2) is 7.40. The predicted molar refractivity (Wildman–Crippen MR) is 84.5 cm³/mol. The third kappa shape index (κ3) is 3.59. The molecule has 1 saturated heterocycles. The van der Waals surface area contributed by atoms with Crippen molar-refractivity contribution in [3.63, 3.8) is 0 Å². The summed E-state index contributed by atoms with van der Waals surface area (Å²) in [7, 11) is 0. The van der Waals surface area contributed by atoms with Gasteiger partial charge in [-0.05, 0) is 31.0 Å². The maximum Gasteiger partial charge on any atom is 0.229 e. The van der Waals surface area contributed by atoms with Gasteiger partial charge in [-0.3, -0.25) is 4.79 Å². The second-order valence-electron chi connectivity index (χ2n) is 5.64. The zero-order valence-electron chi connectivity index (χ0n) is 12.6. The number of amides is 1. The summed E-state index contributed by atoms with van der Waals surface area (Å²) in [5, 5.41) is 3.29. The van der Waals surface area contributed by atoms with Crippen LogP contribution in [-0.2, 0) is 9.53 Å². The smallest absolute Gasteiger partial charge is 0.229 e. The average Bonchev–Trinajstić information content (AvgIpc) is 3.26. The van der Waals surface area contributed by atoms with Crippen LogP contribution in [0.3, 0.4) is 0 Å². The monoisotopic (exact) mass is 328 g/mol. The van der Waals surface area contributed by atoms with Crippen molar-refractivity contribution in [2.75, 3.05) is 26.2 Å². The number of nitrogens with one attached hydrogen (secondary N) is 1. The first-order valence-corrected chi connectivity index (χ1v) is 7.59. The fraction of sp³-hybridized carbons (Fsp3) is 0.562. The van der Waals surface area contributed by atoms with Crippen LogP contribution in [0.1, 0.15) is 24.9 Å². The number of halogens is 2. The highest BCUT2D eigenvalue weighted by atomic mass is 35.5. The van der Waals surface area contributed by atoms with Gasteiger partial charge in [0, 0.05) is 26.2 Å². The molecule has 2 fully saturated rings. The van der Waals surface area contributed by atoms with Crippen molar-refractivity contribution in [3.8, 4) is 0 Å². The van der Waals surface area contributed by atoms with Crippen LogP contribution in [0.25, 0.3) is 0 Å². The molecule has 3 unspecified atom stereocenters. The number of benzene rings is 1. The minimum absolute atomic E-state index is 0. The van der Waals surface area contributed by atoms with Crippen LogP contribution in [0, 0.1) is 11.7 Å². The third-order valence-corrected chi connectivity index (χ3v) is 4.19. The Bertz CT molecular complexity index is 529. The van der Waals surface area contributed by atoms with E-state index in [2.05, 4.69) is 5.32 Å². The summed E-state index contributed by atoms with van der Waals surface area (Å²) in [6.07, 6.45) is 0.887. The maximum absolute atomic E-state index is 13.4. The number of hydrogen-bond donors (Lipinski definition) is 1. The molecule has 1 aromatic carbocycles. The summed E-state index contributed by atoms with van der Waals surface area (Å²) in [6, 6.07) is 6.43. The standard InChI is InChI=1S/C16H21FN2O2.ClH/c1-2-21-15-9-13(15)16(20)19-7-6-18-10-14(19)11-4-3-5-12(17)8-11;/h3-5,8,13-15,18H,2,6-7,9-10H2,1H3;1H. The Kier molecular flexibility index (Phi) is 5.78. The third-order valence-electron chi connectivity index (χ3n) is 4.19. The first-order chi connectivity index (χ1) is 10.2. The summed E-state index contributed by atoms with van der Waals surface area (Å²) < 4.78 is 19.0. The van der Waals surface area contributed by atoms with Gasteiger partial charge in [-0.15, -0.1) is 12.4 Å². The van der Waals surface area contributed by atoms with E-state index in [9.17, 15) is 9.18 Å². The Labute approximate surface area is 136 Å². The lowest BCUT2D eigenvalue weighted by Crippen LogP contribution is -2.49. The number of carbonyl (C=O) groups is 1.